The van der Waals surface area contributed by atoms with Crippen molar-refractivity contribution in [2.24, 2.45) is 12.2 Å². The van der Waals surface area contributed by atoms with Crippen molar-refractivity contribution in [1.29, 1.82) is 0 Å². The van der Waals surface area contributed by atoms with Crippen molar-refractivity contribution in [3.05, 3.63) is 81.0 Å². The van der Waals surface area contributed by atoms with Gasteiger partial charge in [-0.1, -0.05) is 58.7 Å². The highest BCUT2D eigenvalue weighted by Gasteiger charge is 2.38. The zero-order valence-electron chi connectivity index (χ0n) is 15.9. The first-order valence-electron chi connectivity index (χ1n) is 8.68. The van der Waals surface area contributed by atoms with Crippen molar-refractivity contribution in [3.63, 3.8) is 0 Å². The zero-order chi connectivity index (χ0) is 22.6. The number of alkyl halides is 3. The van der Waals surface area contributed by atoms with Gasteiger partial charge in [-0.15, -0.1) is 11.8 Å². The number of hydrogen-bond acceptors (Lipinski definition) is 5. The van der Waals surface area contributed by atoms with Crippen molar-refractivity contribution in [2.45, 2.75) is 17.0 Å². The summed E-state index contributed by atoms with van der Waals surface area (Å²) in [5.74, 6) is -0.596. The summed E-state index contributed by atoms with van der Waals surface area (Å²) in [5, 5.41) is 7.84. The molecule has 0 bridgehead atoms. The third-order valence-corrected chi connectivity index (χ3v) is 5.94. The van der Waals surface area contributed by atoms with Crippen LogP contribution in [0.4, 0.5) is 13.2 Å². The molecule has 11 heteroatoms. The Morgan fingerprint density at radius 2 is 1.81 bits per heavy atom. The second-order valence-electron chi connectivity index (χ2n) is 6.16. The quantitative estimate of drug-likeness (QED) is 0.179. The summed E-state index contributed by atoms with van der Waals surface area (Å²) in [4.78, 5) is 16.8. The third kappa shape index (κ3) is 5.61. The van der Waals surface area contributed by atoms with Gasteiger partial charge < -0.3 is 4.84 Å². The first-order chi connectivity index (χ1) is 14.7. The topological polar surface area (TPSA) is 56.5 Å². The number of aryl methyl sites for hydroxylation is 1. The molecule has 0 spiro atoms. The van der Waals surface area contributed by atoms with Crippen molar-refractivity contribution >= 4 is 47.1 Å². The number of oxime groups is 1. The highest BCUT2D eigenvalue weighted by Crippen LogP contribution is 2.36. The van der Waals surface area contributed by atoms with Crippen molar-refractivity contribution in [3.8, 4) is 0 Å². The van der Waals surface area contributed by atoms with Crippen LogP contribution in [0.5, 0.6) is 0 Å². The zero-order valence-corrected chi connectivity index (χ0v) is 18.2. The average Bonchev–Trinajstić information content (AvgIpc) is 3.03. The number of halogens is 5. The maximum absolute atomic E-state index is 13.5. The minimum Gasteiger partial charge on any atom is -0.313 e. The molecular weight excluding hydrogens is 474 g/mol. The molecule has 162 valence electrons. The monoisotopic (exact) mass is 487 g/mol. The predicted octanol–water partition coefficient (Wildman–Crippen LogP) is 6.23. The molecule has 3 aromatic rings. The summed E-state index contributed by atoms with van der Waals surface area (Å²) < 4.78 is 41.5. The van der Waals surface area contributed by atoms with Crippen molar-refractivity contribution in [2.75, 3.05) is 0 Å². The lowest BCUT2D eigenvalue weighted by molar-refractivity contribution is -0.141. The maximum atomic E-state index is 13.5. The summed E-state index contributed by atoms with van der Waals surface area (Å²) in [6.45, 7) is 0. The lowest BCUT2D eigenvalue weighted by atomic mass is 10.2. The Bertz CT molecular complexity index is 1130. The van der Waals surface area contributed by atoms with Crippen molar-refractivity contribution < 1.29 is 22.8 Å². The lowest BCUT2D eigenvalue weighted by Crippen LogP contribution is -2.09. The number of carbonyl (C=O) groups excluding carboxylic acids is 1. The summed E-state index contributed by atoms with van der Waals surface area (Å²) in [6, 6.07) is 13.1. The predicted molar refractivity (Wildman–Crippen MR) is 114 cm³/mol. The van der Waals surface area contributed by atoms with Gasteiger partial charge in [0.1, 0.15) is 5.03 Å². The summed E-state index contributed by atoms with van der Waals surface area (Å²) in [7, 11) is 1.39. The van der Waals surface area contributed by atoms with Crippen LogP contribution >= 0.6 is 35.0 Å². The van der Waals surface area contributed by atoms with E-state index in [-0.39, 0.29) is 21.2 Å². The van der Waals surface area contributed by atoms with Gasteiger partial charge in [-0.2, -0.15) is 18.3 Å². The number of hydrogen-bond donors (Lipinski definition) is 0. The first kappa shape index (κ1) is 23.2. The molecule has 0 amide bonds. The molecule has 2 aromatic carbocycles. The van der Waals surface area contributed by atoms with E-state index in [2.05, 4.69) is 10.3 Å². The van der Waals surface area contributed by atoms with E-state index >= 15 is 0 Å². The average molecular weight is 488 g/mol. The van der Waals surface area contributed by atoms with Crippen LogP contribution in [0.25, 0.3) is 0 Å². The normalized spacial score (nSPS) is 11.8. The Balaban J connectivity index is 1.86. The van der Waals surface area contributed by atoms with Gasteiger partial charge in [-0.3, -0.25) is 4.68 Å². The lowest BCUT2D eigenvalue weighted by Gasteiger charge is -2.06. The molecule has 1 heterocycles. The van der Waals surface area contributed by atoms with Crippen LogP contribution in [-0.2, 0) is 23.8 Å². The minimum absolute atomic E-state index is 0.0388. The molecule has 0 unspecified atom stereocenters. The number of benzene rings is 2. The molecule has 0 aliphatic heterocycles. The smallest absolute Gasteiger partial charge is 0.313 e. The Morgan fingerprint density at radius 3 is 2.45 bits per heavy atom. The SMILES string of the molecule is Cn1nc(C(F)(F)F)c(C=NOC(=O)c2ccccc2Cl)c1SCc1ccccc1Cl. The molecular formula is C20H14Cl2F3N3O2S. The number of rotatable bonds is 6. The Morgan fingerprint density at radius 1 is 1.16 bits per heavy atom. The van der Waals surface area contributed by atoms with Gasteiger partial charge in [0.25, 0.3) is 0 Å². The largest absolute Gasteiger partial charge is 0.435 e. The number of carbonyl (C=O) groups is 1. The van der Waals surface area contributed by atoms with E-state index < -0.39 is 17.8 Å². The Hall–Kier alpha value is -2.49. The van der Waals surface area contributed by atoms with E-state index in [1.165, 1.54) is 19.2 Å². The van der Waals surface area contributed by atoms with Crippen LogP contribution in [0.1, 0.15) is 27.2 Å². The van der Waals surface area contributed by atoms with Crippen molar-refractivity contribution in [1.82, 2.24) is 9.78 Å². The first-order valence-corrected chi connectivity index (χ1v) is 10.4. The molecule has 31 heavy (non-hydrogen) atoms. The van der Waals surface area contributed by atoms with E-state index in [4.69, 9.17) is 28.0 Å². The molecule has 3 rings (SSSR count). The van der Waals surface area contributed by atoms with E-state index in [9.17, 15) is 18.0 Å². The fraction of sp³-hybridized carbons (Fsp3) is 0.150. The van der Waals surface area contributed by atoms with E-state index in [0.717, 1.165) is 28.2 Å². The summed E-state index contributed by atoms with van der Waals surface area (Å²) in [6.07, 6.45) is -3.91. The second-order valence-corrected chi connectivity index (χ2v) is 7.94. The van der Waals surface area contributed by atoms with Gasteiger partial charge in [0, 0.05) is 17.8 Å². The molecule has 0 aliphatic rings. The summed E-state index contributed by atoms with van der Waals surface area (Å²) in [5.41, 5.74) is -0.679. The second kappa shape index (κ2) is 9.76. The van der Waals surface area contributed by atoms with E-state index in [1.54, 1.807) is 36.4 Å². The van der Waals surface area contributed by atoms with Crippen LogP contribution in [0.3, 0.4) is 0 Å². The van der Waals surface area contributed by atoms with Crippen LogP contribution in [0.15, 0.2) is 58.7 Å². The molecule has 0 saturated heterocycles. The Labute approximate surface area is 189 Å². The molecule has 5 nitrogen and oxygen atoms in total. The molecule has 0 N–H and O–H groups in total. The van der Waals surface area contributed by atoms with E-state index in [0.29, 0.717) is 10.8 Å². The van der Waals surface area contributed by atoms with Gasteiger partial charge >= 0.3 is 12.1 Å². The molecule has 0 fully saturated rings. The molecule has 0 saturated carbocycles. The van der Waals surface area contributed by atoms with Gasteiger partial charge in [0.15, 0.2) is 5.69 Å². The van der Waals surface area contributed by atoms with E-state index in [1.807, 2.05) is 0 Å². The van der Waals surface area contributed by atoms with Crippen LogP contribution in [0.2, 0.25) is 10.0 Å². The van der Waals surface area contributed by atoms with Gasteiger partial charge in [-0.05, 0) is 23.8 Å². The molecule has 0 aliphatic carbocycles. The van der Waals surface area contributed by atoms with Crippen LogP contribution in [0, 0.1) is 0 Å². The third-order valence-electron chi connectivity index (χ3n) is 4.03. The van der Waals surface area contributed by atoms with Gasteiger partial charge in [-0.25, -0.2) is 4.79 Å². The van der Waals surface area contributed by atoms with Crippen LogP contribution in [-0.4, -0.2) is 22.0 Å². The molecule has 1 aromatic heterocycles. The van der Waals surface area contributed by atoms with Gasteiger partial charge in [0.2, 0.25) is 0 Å². The molecule has 0 atom stereocenters. The number of nitrogens with zero attached hydrogens (tertiary/aromatic N) is 3. The maximum Gasteiger partial charge on any atom is 0.435 e. The minimum atomic E-state index is -4.73. The number of aromatic nitrogens is 2. The highest BCUT2D eigenvalue weighted by molar-refractivity contribution is 7.98. The van der Waals surface area contributed by atoms with Crippen LogP contribution < -0.4 is 0 Å². The number of thioether (sulfide) groups is 1. The summed E-state index contributed by atoms with van der Waals surface area (Å²) >= 11 is 13.1. The fourth-order valence-electron chi connectivity index (χ4n) is 2.59. The Kier molecular flexibility index (Phi) is 7.30. The van der Waals surface area contributed by atoms with Gasteiger partial charge in [0.05, 0.1) is 22.4 Å². The standard InChI is InChI=1S/C20H14Cl2F3N3O2S/c1-28-18(31-11-12-6-2-4-8-15(12)21)14(17(27-28)20(23,24)25)10-26-30-19(29)13-7-3-5-9-16(13)22/h2-10H,11H2,1H3. The highest BCUT2D eigenvalue weighted by atomic mass is 35.5. The fourth-order valence-corrected chi connectivity index (χ4v) is 4.16. The molecule has 0 radical (unpaired) electrons.